The summed E-state index contributed by atoms with van der Waals surface area (Å²) in [5.74, 6) is 0.194. The van der Waals surface area contributed by atoms with Crippen LogP contribution in [0.15, 0.2) is 41.1 Å². The summed E-state index contributed by atoms with van der Waals surface area (Å²) in [5, 5.41) is 3.87. The van der Waals surface area contributed by atoms with Gasteiger partial charge in [0.2, 0.25) is 5.82 Å². The maximum atomic E-state index is 13.0. The molecule has 0 aliphatic heterocycles. The SMILES string of the molecule is Cc1ccnc(-c2noc(-c3ccc(F)cc3N)n2)c1. The number of hydrogen-bond acceptors (Lipinski definition) is 5. The molecule has 2 aromatic heterocycles. The van der Waals surface area contributed by atoms with Crippen LogP contribution >= 0.6 is 0 Å². The van der Waals surface area contributed by atoms with Crippen LogP contribution in [0.5, 0.6) is 0 Å². The molecule has 2 N–H and O–H groups in total. The second-order valence-electron chi connectivity index (χ2n) is 4.37. The molecule has 0 saturated heterocycles. The predicted octanol–water partition coefficient (Wildman–Crippen LogP) is 2.83. The highest BCUT2D eigenvalue weighted by Crippen LogP contribution is 2.26. The van der Waals surface area contributed by atoms with Gasteiger partial charge in [0.15, 0.2) is 0 Å². The van der Waals surface area contributed by atoms with Gasteiger partial charge < -0.3 is 10.3 Å². The first-order valence-corrected chi connectivity index (χ1v) is 5.95. The van der Waals surface area contributed by atoms with Crippen LogP contribution < -0.4 is 5.73 Å². The van der Waals surface area contributed by atoms with Crippen molar-refractivity contribution in [2.45, 2.75) is 6.92 Å². The standard InChI is InChI=1S/C14H11FN4O/c1-8-4-5-17-12(6-8)13-18-14(20-19-13)10-3-2-9(15)7-11(10)16/h2-7H,16H2,1H3. The smallest absolute Gasteiger partial charge is 0.260 e. The van der Waals surface area contributed by atoms with Crippen LogP contribution in [-0.4, -0.2) is 15.1 Å². The number of halogens is 1. The molecule has 20 heavy (non-hydrogen) atoms. The molecule has 100 valence electrons. The summed E-state index contributed by atoms with van der Waals surface area (Å²) in [4.78, 5) is 8.42. The van der Waals surface area contributed by atoms with Gasteiger partial charge in [0.05, 0.1) is 5.56 Å². The Labute approximate surface area is 114 Å². The number of nitrogen functional groups attached to an aromatic ring is 1. The van der Waals surface area contributed by atoms with Gasteiger partial charge in [0.1, 0.15) is 11.5 Å². The van der Waals surface area contributed by atoms with E-state index in [4.69, 9.17) is 10.3 Å². The van der Waals surface area contributed by atoms with Crippen molar-refractivity contribution < 1.29 is 8.91 Å². The lowest BCUT2D eigenvalue weighted by molar-refractivity contribution is 0.432. The van der Waals surface area contributed by atoms with E-state index in [2.05, 4.69) is 15.1 Å². The molecule has 6 heteroatoms. The molecule has 0 aliphatic rings. The highest BCUT2D eigenvalue weighted by molar-refractivity contribution is 5.71. The molecule has 0 radical (unpaired) electrons. The summed E-state index contributed by atoms with van der Waals surface area (Å²) >= 11 is 0. The molecule has 2 heterocycles. The fraction of sp³-hybridized carbons (Fsp3) is 0.0714. The van der Waals surface area contributed by atoms with Gasteiger partial charge >= 0.3 is 0 Å². The van der Waals surface area contributed by atoms with E-state index in [0.717, 1.165) is 5.56 Å². The first-order valence-electron chi connectivity index (χ1n) is 5.95. The number of rotatable bonds is 2. The van der Waals surface area contributed by atoms with Gasteiger partial charge in [-0.15, -0.1) is 0 Å². The van der Waals surface area contributed by atoms with Crippen LogP contribution in [-0.2, 0) is 0 Å². The number of aryl methyl sites for hydroxylation is 1. The van der Waals surface area contributed by atoms with Gasteiger partial charge in [-0.25, -0.2) is 4.39 Å². The third-order valence-corrected chi connectivity index (χ3v) is 2.81. The number of benzene rings is 1. The highest BCUT2D eigenvalue weighted by atomic mass is 19.1. The van der Waals surface area contributed by atoms with Gasteiger partial charge in [-0.1, -0.05) is 5.16 Å². The van der Waals surface area contributed by atoms with Crippen LogP contribution in [0, 0.1) is 12.7 Å². The minimum Gasteiger partial charge on any atom is -0.398 e. The minimum atomic E-state index is -0.411. The monoisotopic (exact) mass is 270 g/mol. The van der Waals surface area contributed by atoms with E-state index in [1.54, 1.807) is 6.20 Å². The van der Waals surface area contributed by atoms with E-state index in [9.17, 15) is 4.39 Å². The maximum Gasteiger partial charge on any atom is 0.260 e. The normalized spacial score (nSPS) is 10.7. The number of nitrogens with two attached hydrogens (primary N) is 1. The number of hydrogen-bond donors (Lipinski definition) is 1. The first kappa shape index (κ1) is 12.3. The third-order valence-electron chi connectivity index (χ3n) is 2.81. The lowest BCUT2D eigenvalue weighted by atomic mass is 10.2. The van der Waals surface area contributed by atoms with Crippen molar-refractivity contribution in [2.24, 2.45) is 0 Å². The molecule has 3 aromatic rings. The molecule has 0 spiro atoms. The summed E-state index contributed by atoms with van der Waals surface area (Å²) in [6.45, 7) is 1.95. The molecule has 0 saturated carbocycles. The van der Waals surface area contributed by atoms with Crippen molar-refractivity contribution in [1.29, 1.82) is 0 Å². The quantitative estimate of drug-likeness (QED) is 0.724. The zero-order valence-electron chi connectivity index (χ0n) is 10.7. The minimum absolute atomic E-state index is 0.237. The topological polar surface area (TPSA) is 77.8 Å². The van der Waals surface area contributed by atoms with E-state index < -0.39 is 5.82 Å². The molecule has 0 atom stereocenters. The van der Waals surface area contributed by atoms with Gasteiger partial charge in [0.25, 0.3) is 5.89 Å². The molecular weight excluding hydrogens is 259 g/mol. The molecular formula is C14H11FN4O. The molecule has 0 fully saturated rings. The summed E-state index contributed by atoms with van der Waals surface area (Å²) in [7, 11) is 0. The van der Waals surface area contributed by atoms with E-state index >= 15 is 0 Å². The number of anilines is 1. The molecule has 1 aromatic carbocycles. The van der Waals surface area contributed by atoms with E-state index in [0.29, 0.717) is 17.1 Å². The summed E-state index contributed by atoms with van der Waals surface area (Å²) in [6, 6.07) is 7.74. The Morgan fingerprint density at radius 1 is 1.20 bits per heavy atom. The average Bonchev–Trinajstić information content (AvgIpc) is 2.88. The summed E-state index contributed by atoms with van der Waals surface area (Å²) < 4.78 is 18.2. The Balaban J connectivity index is 2.02. The largest absolute Gasteiger partial charge is 0.398 e. The van der Waals surface area contributed by atoms with Gasteiger partial charge in [-0.05, 0) is 42.8 Å². The summed E-state index contributed by atoms with van der Waals surface area (Å²) in [6.07, 6.45) is 1.67. The Kier molecular flexibility index (Phi) is 2.90. The fourth-order valence-corrected chi connectivity index (χ4v) is 1.82. The van der Waals surface area contributed by atoms with Crippen LogP contribution in [0.25, 0.3) is 23.0 Å². The number of nitrogens with zero attached hydrogens (tertiary/aromatic N) is 3. The Hall–Kier alpha value is -2.76. The third kappa shape index (κ3) is 2.23. The molecule has 0 amide bonds. The van der Waals surface area contributed by atoms with Gasteiger partial charge in [-0.3, -0.25) is 4.98 Å². The highest BCUT2D eigenvalue weighted by Gasteiger charge is 2.14. The van der Waals surface area contributed by atoms with Crippen molar-refractivity contribution in [1.82, 2.24) is 15.1 Å². The lowest BCUT2D eigenvalue weighted by Gasteiger charge is -1.99. The van der Waals surface area contributed by atoms with Crippen molar-refractivity contribution >= 4 is 5.69 Å². The van der Waals surface area contributed by atoms with E-state index in [1.807, 2.05) is 19.1 Å². The average molecular weight is 270 g/mol. The van der Waals surface area contributed by atoms with Crippen LogP contribution in [0.1, 0.15) is 5.56 Å². The van der Waals surface area contributed by atoms with Gasteiger partial charge in [-0.2, -0.15) is 4.98 Å². The van der Waals surface area contributed by atoms with Crippen LogP contribution in [0.4, 0.5) is 10.1 Å². The lowest BCUT2D eigenvalue weighted by Crippen LogP contribution is -1.91. The van der Waals surface area contributed by atoms with Crippen molar-refractivity contribution in [3.63, 3.8) is 0 Å². The second-order valence-corrected chi connectivity index (χ2v) is 4.37. The van der Waals surface area contributed by atoms with E-state index in [1.165, 1.54) is 18.2 Å². The molecule has 5 nitrogen and oxygen atoms in total. The van der Waals surface area contributed by atoms with Crippen LogP contribution in [0.2, 0.25) is 0 Å². The predicted molar refractivity (Wildman–Crippen MR) is 72.1 cm³/mol. The van der Waals surface area contributed by atoms with E-state index in [-0.39, 0.29) is 11.6 Å². The fourth-order valence-electron chi connectivity index (χ4n) is 1.82. The van der Waals surface area contributed by atoms with Gasteiger partial charge in [0, 0.05) is 11.9 Å². The van der Waals surface area contributed by atoms with Crippen molar-refractivity contribution in [3.05, 3.63) is 47.9 Å². The Morgan fingerprint density at radius 3 is 2.80 bits per heavy atom. The molecule has 3 rings (SSSR count). The van der Waals surface area contributed by atoms with Crippen LogP contribution in [0.3, 0.4) is 0 Å². The van der Waals surface area contributed by atoms with Crippen molar-refractivity contribution in [2.75, 3.05) is 5.73 Å². The summed E-state index contributed by atoms with van der Waals surface area (Å²) in [5.41, 5.74) is 8.14. The number of aromatic nitrogens is 3. The Morgan fingerprint density at radius 2 is 2.05 bits per heavy atom. The zero-order valence-corrected chi connectivity index (χ0v) is 10.7. The second kappa shape index (κ2) is 4.73. The first-order chi connectivity index (χ1) is 9.63. The maximum absolute atomic E-state index is 13.0. The Bertz CT molecular complexity index is 769. The zero-order chi connectivity index (χ0) is 14.1. The molecule has 0 unspecified atom stereocenters. The number of pyridine rings is 1. The molecule has 0 aliphatic carbocycles. The van der Waals surface area contributed by atoms with Crippen molar-refractivity contribution in [3.8, 4) is 23.0 Å². The molecule has 0 bridgehead atoms.